The zero-order valence-electron chi connectivity index (χ0n) is 15.8. The van der Waals surface area contributed by atoms with E-state index in [1.165, 1.54) is 29.6 Å². The van der Waals surface area contributed by atoms with Crippen molar-refractivity contribution in [3.05, 3.63) is 51.4 Å². The molecule has 0 unspecified atom stereocenters. The number of amides is 1. The topological polar surface area (TPSA) is 58.6 Å². The fourth-order valence-corrected chi connectivity index (χ4v) is 5.17. The fourth-order valence-electron chi connectivity index (χ4n) is 3.05. The van der Waals surface area contributed by atoms with Gasteiger partial charge in [-0.3, -0.25) is 4.79 Å². The van der Waals surface area contributed by atoms with E-state index in [4.69, 9.17) is 4.74 Å². The second-order valence-electron chi connectivity index (χ2n) is 6.71. The fraction of sp³-hybridized carbons (Fsp3) is 0.400. The molecular weight excluding hydrogens is 380 g/mol. The van der Waals surface area contributed by atoms with Gasteiger partial charge in [-0.25, -0.2) is 4.79 Å². The summed E-state index contributed by atoms with van der Waals surface area (Å²) in [6.45, 7) is 3.75. The molecule has 27 heavy (non-hydrogen) atoms. The largest absolute Gasteiger partial charge is 0.465 e. The Morgan fingerprint density at radius 2 is 2.04 bits per heavy atom. The van der Waals surface area contributed by atoms with E-state index in [1.807, 2.05) is 0 Å². The third-order valence-electron chi connectivity index (χ3n) is 4.51. The molecule has 0 saturated carbocycles. The highest BCUT2D eigenvalue weighted by Gasteiger charge is 2.28. The van der Waals surface area contributed by atoms with Crippen molar-refractivity contribution in [3.8, 4) is 0 Å². The van der Waals surface area contributed by atoms with Gasteiger partial charge in [0.1, 0.15) is 5.00 Å². The molecule has 7 heteroatoms. The summed E-state index contributed by atoms with van der Waals surface area (Å²) >= 11 is 3.05. The highest BCUT2D eigenvalue weighted by atomic mass is 32.2. The Bertz CT molecular complexity index is 830. The molecule has 2 aromatic rings. The van der Waals surface area contributed by atoms with E-state index in [1.54, 1.807) is 11.8 Å². The van der Waals surface area contributed by atoms with E-state index < -0.39 is 0 Å². The van der Waals surface area contributed by atoms with Gasteiger partial charge in [-0.15, -0.1) is 23.1 Å². The first-order valence-corrected chi connectivity index (χ1v) is 10.8. The molecule has 0 atom stereocenters. The van der Waals surface area contributed by atoms with Crippen LogP contribution in [0.25, 0.3) is 0 Å². The van der Waals surface area contributed by atoms with Crippen molar-refractivity contribution in [2.75, 3.05) is 31.8 Å². The van der Waals surface area contributed by atoms with E-state index >= 15 is 0 Å². The van der Waals surface area contributed by atoms with Crippen LogP contribution in [-0.2, 0) is 28.2 Å². The molecule has 144 valence electrons. The van der Waals surface area contributed by atoms with Crippen LogP contribution in [0.3, 0.4) is 0 Å². The Morgan fingerprint density at radius 1 is 1.30 bits per heavy atom. The molecule has 1 aromatic heterocycles. The Morgan fingerprint density at radius 3 is 2.74 bits per heavy atom. The van der Waals surface area contributed by atoms with Gasteiger partial charge in [0.2, 0.25) is 5.91 Å². The molecule has 2 heterocycles. The second kappa shape index (κ2) is 8.91. The van der Waals surface area contributed by atoms with Crippen LogP contribution in [0.5, 0.6) is 0 Å². The average Bonchev–Trinajstić information content (AvgIpc) is 2.99. The molecule has 1 N–H and O–H groups in total. The van der Waals surface area contributed by atoms with Gasteiger partial charge in [0.05, 0.1) is 18.4 Å². The number of carbonyl (C=O) groups excluding carboxylic acids is 2. The van der Waals surface area contributed by atoms with Gasteiger partial charge in [-0.2, -0.15) is 0 Å². The van der Waals surface area contributed by atoms with Crippen LogP contribution in [0.1, 0.15) is 31.9 Å². The van der Waals surface area contributed by atoms with Gasteiger partial charge in [0.15, 0.2) is 0 Å². The van der Waals surface area contributed by atoms with Crippen molar-refractivity contribution < 1.29 is 14.3 Å². The van der Waals surface area contributed by atoms with Gasteiger partial charge in [0.25, 0.3) is 0 Å². The predicted molar refractivity (Wildman–Crippen MR) is 112 cm³/mol. The van der Waals surface area contributed by atoms with Crippen molar-refractivity contribution in [1.82, 2.24) is 4.90 Å². The lowest BCUT2D eigenvalue weighted by molar-refractivity contribution is -0.113. The van der Waals surface area contributed by atoms with Crippen LogP contribution in [0.15, 0.2) is 24.3 Å². The maximum Gasteiger partial charge on any atom is 0.341 e. The minimum atomic E-state index is -0.375. The molecule has 1 amide bonds. The molecule has 3 rings (SSSR count). The summed E-state index contributed by atoms with van der Waals surface area (Å²) < 4.78 is 4.96. The van der Waals surface area contributed by atoms with E-state index in [0.717, 1.165) is 35.7 Å². The van der Waals surface area contributed by atoms with Crippen molar-refractivity contribution >= 4 is 40.0 Å². The number of thiophene rings is 1. The number of methoxy groups -OCH3 is 1. The van der Waals surface area contributed by atoms with Crippen molar-refractivity contribution in [3.63, 3.8) is 0 Å². The number of aryl methyl sites for hydroxylation is 1. The number of benzene rings is 1. The van der Waals surface area contributed by atoms with Gasteiger partial charge in [-0.05, 0) is 31.5 Å². The summed E-state index contributed by atoms with van der Waals surface area (Å²) in [6.07, 6.45) is 0.796. The van der Waals surface area contributed by atoms with Gasteiger partial charge >= 0.3 is 5.97 Å². The number of likely N-dealkylation sites (N-methyl/N-ethyl adjacent to an activating group) is 1. The monoisotopic (exact) mass is 404 g/mol. The van der Waals surface area contributed by atoms with Crippen molar-refractivity contribution in [1.29, 1.82) is 0 Å². The third-order valence-corrected chi connectivity index (χ3v) is 6.65. The van der Waals surface area contributed by atoms with Crippen LogP contribution >= 0.6 is 23.1 Å². The summed E-state index contributed by atoms with van der Waals surface area (Å²) in [7, 11) is 3.44. The summed E-state index contributed by atoms with van der Waals surface area (Å²) in [5, 5.41) is 3.55. The van der Waals surface area contributed by atoms with Crippen LogP contribution in [0, 0.1) is 6.92 Å². The van der Waals surface area contributed by atoms with Crippen LogP contribution < -0.4 is 5.32 Å². The molecule has 1 aromatic carbocycles. The van der Waals surface area contributed by atoms with E-state index in [-0.39, 0.29) is 11.9 Å². The van der Waals surface area contributed by atoms with E-state index in [2.05, 4.69) is 48.5 Å². The van der Waals surface area contributed by atoms with Gasteiger partial charge < -0.3 is 15.0 Å². The van der Waals surface area contributed by atoms with Crippen molar-refractivity contribution in [2.24, 2.45) is 0 Å². The summed E-state index contributed by atoms with van der Waals surface area (Å²) in [6, 6.07) is 8.32. The first-order valence-electron chi connectivity index (χ1n) is 8.82. The summed E-state index contributed by atoms with van der Waals surface area (Å²) in [5.74, 6) is 0.657. The number of fused-ring (bicyclic) bond motifs is 1. The lowest BCUT2D eigenvalue weighted by atomic mass is 10.0. The Labute approximate surface area is 168 Å². The lowest BCUT2D eigenvalue weighted by Gasteiger charge is -2.22. The minimum absolute atomic E-state index is 0.0933. The second-order valence-corrected chi connectivity index (χ2v) is 8.80. The van der Waals surface area contributed by atoms with Gasteiger partial charge in [0, 0.05) is 23.7 Å². The van der Waals surface area contributed by atoms with Crippen LogP contribution in [0.2, 0.25) is 0 Å². The molecule has 0 spiro atoms. The predicted octanol–water partition coefficient (Wildman–Crippen LogP) is 3.70. The van der Waals surface area contributed by atoms with E-state index in [9.17, 15) is 9.59 Å². The van der Waals surface area contributed by atoms with Crippen LogP contribution in [-0.4, -0.2) is 43.2 Å². The number of hydrogen-bond donors (Lipinski definition) is 1. The maximum atomic E-state index is 12.4. The quantitative estimate of drug-likeness (QED) is 0.744. The number of carbonyl (C=O) groups is 2. The molecule has 0 fully saturated rings. The Hall–Kier alpha value is -1.83. The SMILES string of the molecule is COC(=O)c1c(NC(=O)CSCc2ccc(C)cc2)sc2c1CCN(C)C2. The zero-order chi connectivity index (χ0) is 19.4. The number of ether oxygens (including phenoxy) is 1. The number of thioether (sulfide) groups is 1. The third kappa shape index (κ3) is 4.91. The lowest BCUT2D eigenvalue weighted by Crippen LogP contribution is -2.26. The molecule has 5 nitrogen and oxygen atoms in total. The zero-order valence-corrected chi connectivity index (χ0v) is 17.5. The van der Waals surface area contributed by atoms with Crippen molar-refractivity contribution in [2.45, 2.75) is 25.6 Å². The van der Waals surface area contributed by atoms with Crippen LogP contribution in [0.4, 0.5) is 5.00 Å². The molecule has 0 saturated heterocycles. The molecule has 0 radical (unpaired) electrons. The highest BCUT2D eigenvalue weighted by molar-refractivity contribution is 7.99. The van der Waals surface area contributed by atoms with E-state index in [0.29, 0.717) is 16.3 Å². The Kier molecular flexibility index (Phi) is 6.57. The average molecular weight is 405 g/mol. The number of nitrogens with zero attached hydrogens (tertiary/aromatic N) is 1. The number of nitrogens with one attached hydrogen (secondary N) is 1. The molecule has 0 aliphatic carbocycles. The number of rotatable bonds is 6. The standard InChI is InChI=1S/C20H24N2O3S2/c1-13-4-6-14(7-5-13)11-26-12-17(23)21-19-18(20(24)25-3)15-8-9-22(2)10-16(15)27-19/h4-7H,8-12H2,1-3H3,(H,21,23). The van der Waals surface area contributed by atoms with Gasteiger partial charge in [-0.1, -0.05) is 29.8 Å². The summed E-state index contributed by atoms with van der Waals surface area (Å²) in [5.41, 5.74) is 3.97. The number of esters is 1. The smallest absolute Gasteiger partial charge is 0.341 e. The first kappa shape index (κ1) is 19.9. The summed E-state index contributed by atoms with van der Waals surface area (Å²) in [4.78, 5) is 28.0. The molecule has 1 aliphatic rings. The molecular formula is C20H24N2O3S2. The number of anilines is 1. The first-order chi connectivity index (χ1) is 13.0. The molecule has 1 aliphatic heterocycles. The highest BCUT2D eigenvalue weighted by Crippen LogP contribution is 2.37. The minimum Gasteiger partial charge on any atom is -0.465 e. The normalized spacial score (nSPS) is 13.9. The maximum absolute atomic E-state index is 12.4. The Balaban J connectivity index is 1.64. The molecule has 0 bridgehead atoms. The number of hydrogen-bond acceptors (Lipinski definition) is 6.